The Hall–Kier alpha value is -8.69. The van der Waals surface area contributed by atoms with Gasteiger partial charge in [0.25, 0.3) is 0 Å². The number of benzene rings is 7. The second-order valence-electron chi connectivity index (χ2n) is 14.6. The van der Waals surface area contributed by atoms with Crippen LogP contribution in [0.15, 0.2) is 199 Å². The van der Waals surface area contributed by atoms with Crippen LogP contribution in [0.25, 0.3) is 117 Å². The second-order valence-corrected chi connectivity index (χ2v) is 14.6. The fourth-order valence-electron chi connectivity index (χ4n) is 8.11. The highest BCUT2D eigenvalue weighted by atomic mass is 16.3. The van der Waals surface area contributed by atoms with Crippen molar-refractivity contribution in [3.63, 3.8) is 0 Å². The molecule has 0 aliphatic heterocycles. The molecule has 5 aromatic heterocycles. The maximum absolute atomic E-state index is 9.22. The molecule has 0 N–H and O–H groups in total. The molecule has 0 saturated heterocycles. The number of fused-ring (bicyclic) bond motifs is 6. The van der Waals surface area contributed by atoms with E-state index < -0.39 is 12.1 Å². The number of furan rings is 1. The number of hydrogen-bond acceptors (Lipinski definition) is 8. The first-order valence-electron chi connectivity index (χ1n) is 23.2. The highest BCUT2D eigenvalue weighted by molar-refractivity contribution is 6.10. The number of nitrogens with zero attached hydrogens (tertiary/aromatic N) is 8. The van der Waals surface area contributed by atoms with Crippen LogP contribution in [0.5, 0.6) is 0 Å². The molecule has 0 radical (unpaired) electrons. The summed E-state index contributed by atoms with van der Waals surface area (Å²) >= 11 is 0. The molecule has 0 aliphatic carbocycles. The normalized spacial score (nSPS) is 13.1. The fourth-order valence-corrected chi connectivity index (χ4v) is 8.11. The maximum atomic E-state index is 9.22. The minimum atomic E-state index is -0.489. The smallest absolute Gasteiger partial charge is 0.166 e. The molecular weight excluding hydrogens is 765 g/mol. The molecule has 12 aromatic rings. The van der Waals surface area contributed by atoms with Crippen LogP contribution >= 0.6 is 0 Å². The average Bonchev–Trinajstić information content (AvgIpc) is 3.97. The van der Waals surface area contributed by atoms with Crippen molar-refractivity contribution < 1.29 is 14.0 Å². The molecule has 0 bridgehead atoms. The summed E-state index contributed by atoms with van der Waals surface area (Å²) < 4.78 is 70.4. The SMILES string of the molecule is [2H]c1cc([2H])c2c(c1[2H])c1c([2H])c([2H])c([2H])c([2H])c1n2-c1ccccc1-c1nc(-c2cc(-c3cncnc3)cc(-c3cncnc3)c2)nc(-c2cccc(-c3cccc4c3oc3ccccc34)c2)n1. The van der Waals surface area contributed by atoms with Gasteiger partial charge in [-0.15, -0.1) is 0 Å². The van der Waals surface area contributed by atoms with Crippen molar-refractivity contribution in [2.45, 2.75) is 0 Å². The Labute approximate surface area is 364 Å². The van der Waals surface area contributed by atoms with E-state index in [0.29, 0.717) is 34.0 Å². The van der Waals surface area contributed by atoms with Gasteiger partial charge in [-0.1, -0.05) is 103 Å². The zero-order valence-corrected chi connectivity index (χ0v) is 32.4. The van der Waals surface area contributed by atoms with Gasteiger partial charge in [0.2, 0.25) is 0 Å². The molecule has 290 valence electrons. The molecule has 0 saturated carbocycles. The van der Waals surface area contributed by atoms with Crippen molar-refractivity contribution in [1.82, 2.24) is 39.5 Å². The summed E-state index contributed by atoms with van der Waals surface area (Å²) in [5.74, 6) is 0.821. The molecule has 7 aromatic carbocycles. The summed E-state index contributed by atoms with van der Waals surface area (Å²) in [5, 5.41) is 2.10. The van der Waals surface area contributed by atoms with Gasteiger partial charge in [0.15, 0.2) is 17.5 Å². The summed E-state index contributed by atoms with van der Waals surface area (Å²) in [4.78, 5) is 32.7. The number of para-hydroxylation sites is 5. The Kier molecular flexibility index (Phi) is 6.73. The molecule has 5 heterocycles. The lowest BCUT2D eigenvalue weighted by atomic mass is 9.98. The van der Waals surface area contributed by atoms with Gasteiger partial charge >= 0.3 is 0 Å². The van der Waals surface area contributed by atoms with E-state index in [2.05, 4.69) is 19.9 Å². The van der Waals surface area contributed by atoms with Crippen LogP contribution in [0.2, 0.25) is 0 Å². The van der Waals surface area contributed by atoms with Crippen molar-refractivity contribution in [1.29, 1.82) is 0 Å². The molecule has 0 aliphatic rings. The summed E-state index contributed by atoms with van der Waals surface area (Å²) in [5.41, 5.74) is 8.58. The summed E-state index contributed by atoms with van der Waals surface area (Å²) in [6.07, 6.45) is 9.81. The lowest BCUT2D eigenvalue weighted by Gasteiger charge is -2.15. The van der Waals surface area contributed by atoms with E-state index in [0.717, 1.165) is 55.3 Å². The third-order valence-corrected chi connectivity index (χ3v) is 10.9. The predicted octanol–water partition coefficient (Wildman–Crippen LogP) is 12.5. The van der Waals surface area contributed by atoms with Gasteiger partial charge in [-0.3, -0.25) is 0 Å². The van der Waals surface area contributed by atoms with Gasteiger partial charge < -0.3 is 8.98 Å². The molecule has 12 rings (SSSR count). The zero-order chi connectivity index (χ0) is 47.1. The van der Waals surface area contributed by atoms with Gasteiger partial charge in [0.1, 0.15) is 23.8 Å². The van der Waals surface area contributed by atoms with Gasteiger partial charge in [-0.25, -0.2) is 34.9 Å². The second kappa shape index (κ2) is 14.5. The Balaban J connectivity index is 1.14. The molecule has 0 fully saturated rings. The Morgan fingerprint density at radius 1 is 0.419 bits per heavy atom. The molecule has 62 heavy (non-hydrogen) atoms. The van der Waals surface area contributed by atoms with Crippen LogP contribution in [0.4, 0.5) is 0 Å². The molecule has 0 unspecified atom stereocenters. The summed E-state index contributed by atoms with van der Waals surface area (Å²) in [6, 6.07) is 33.8. The standard InChI is InChI=1S/C53H32N8O/c1-5-19-46-41(13-1)42-14-2-6-20-47(42)61(46)48-21-7-3-16-45(48)53-59-51(34-12-9-11-33(23-34)40-17-10-18-44-43-15-4-8-22-49(43)62-50(40)44)58-52(60-53)37-25-35(38-27-54-31-55-28-38)24-36(26-37)39-29-56-32-57-30-39/h1-32H/i1D,2D,5D,13D,14D,19D,20D. The molecular formula is C53H32N8O. The zero-order valence-electron chi connectivity index (χ0n) is 39.4. The average molecular weight is 804 g/mol. The van der Waals surface area contributed by atoms with Crippen LogP contribution in [0.3, 0.4) is 0 Å². The van der Waals surface area contributed by atoms with Gasteiger partial charge in [-0.2, -0.15) is 0 Å². The van der Waals surface area contributed by atoms with E-state index in [-0.39, 0.29) is 57.8 Å². The Morgan fingerprint density at radius 2 is 1.00 bits per heavy atom. The van der Waals surface area contributed by atoms with Crippen molar-refractivity contribution in [2.75, 3.05) is 0 Å². The molecule has 0 amide bonds. The van der Waals surface area contributed by atoms with Gasteiger partial charge in [-0.05, 0) is 71.2 Å². The third-order valence-electron chi connectivity index (χ3n) is 10.9. The molecule has 9 nitrogen and oxygen atoms in total. The maximum Gasteiger partial charge on any atom is 0.166 e. The van der Waals surface area contributed by atoms with Crippen LogP contribution < -0.4 is 0 Å². The van der Waals surface area contributed by atoms with E-state index >= 15 is 0 Å². The Morgan fingerprint density at radius 3 is 1.81 bits per heavy atom. The van der Waals surface area contributed by atoms with Crippen LogP contribution in [0, 0.1) is 0 Å². The first-order valence-corrected chi connectivity index (χ1v) is 19.7. The van der Waals surface area contributed by atoms with Gasteiger partial charge in [0, 0.05) is 79.7 Å². The van der Waals surface area contributed by atoms with E-state index in [9.17, 15) is 2.74 Å². The van der Waals surface area contributed by atoms with Crippen molar-refractivity contribution in [2.24, 2.45) is 0 Å². The minimum absolute atomic E-state index is 0.0332. The third kappa shape index (κ3) is 5.98. The lowest BCUT2D eigenvalue weighted by Crippen LogP contribution is -2.04. The van der Waals surface area contributed by atoms with Crippen LogP contribution in [-0.4, -0.2) is 39.5 Å². The van der Waals surface area contributed by atoms with Crippen LogP contribution in [0.1, 0.15) is 9.60 Å². The van der Waals surface area contributed by atoms with Crippen LogP contribution in [-0.2, 0) is 0 Å². The van der Waals surface area contributed by atoms with E-state index in [1.165, 1.54) is 18.7 Å². The highest BCUT2D eigenvalue weighted by Crippen LogP contribution is 2.39. The molecule has 9 heteroatoms. The number of aromatic nitrogens is 8. The summed E-state index contributed by atoms with van der Waals surface area (Å²) in [7, 11) is 0. The monoisotopic (exact) mass is 803 g/mol. The minimum Gasteiger partial charge on any atom is -0.455 e. The topological polar surface area (TPSA) is 108 Å². The van der Waals surface area contributed by atoms with Crippen molar-refractivity contribution in [3.05, 3.63) is 195 Å². The fraction of sp³-hybridized carbons (Fsp3) is 0. The van der Waals surface area contributed by atoms with E-state index in [4.69, 9.17) is 26.2 Å². The van der Waals surface area contributed by atoms with Gasteiger partial charge in [0.05, 0.1) is 26.3 Å². The number of hydrogen-bond donors (Lipinski definition) is 0. The Bertz CT molecular complexity index is 4010. The molecule has 0 atom stereocenters. The van der Waals surface area contributed by atoms with Crippen molar-refractivity contribution >= 4 is 43.7 Å². The van der Waals surface area contributed by atoms with Crippen molar-refractivity contribution in [3.8, 4) is 73.2 Å². The highest BCUT2D eigenvalue weighted by Gasteiger charge is 2.21. The quantitative estimate of drug-likeness (QED) is 0.157. The first-order chi connectivity index (χ1) is 33.6. The van der Waals surface area contributed by atoms with E-state index in [1.54, 1.807) is 47.6 Å². The molecule has 0 spiro atoms. The predicted molar refractivity (Wildman–Crippen MR) is 245 cm³/mol. The summed E-state index contributed by atoms with van der Waals surface area (Å²) in [6.45, 7) is 0. The largest absolute Gasteiger partial charge is 0.455 e. The van der Waals surface area contributed by atoms with E-state index in [1.807, 2.05) is 91.0 Å². The lowest BCUT2D eigenvalue weighted by molar-refractivity contribution is 0.670. The number of rotatable bonds is 7. The first kappa shape index (κ1) is 28.7.